The van der Waals surface area contributed by atoms with Crippen LogP contribution in [0.3, 0.4) is 0 Å². The zero-order chi connectivity index (χ0) is 14.8. The summed E-state index contributed by atoms with van der Waals surface area (Å²) in [5.41, 5.74) is 0.289. The lowest BCUT2D eigenvalue weighted by Gasteiger charge is -2.03. The molecule has 0 aliphatic rings. The van der Waals surface area contributed by atoms with Crippen molar-refractivity contribution in [3.8, 4) is 5.75 Å². The molecule has 0 aliphatic carbocycles. The second-order valence-corrected chi connectivity index (χ2v) is 4.82. The lowest BCUT2D eigenvalue weighted by Crippen LogP contribution is -2.06. The van der Waals surface area contributed by atoms with E-state index in [1.54, 1.807) is 18.2 Å². The summed E-state index contributed by atoms with van der Waals surface area (Å²) >= 11 is 5.89. The Morgan fingerprint density at radius 1 is 1.14 bits per heavy atom. The molecule has 104 valence electrons. The van der Waals surface area contributed by atoms with Gasteiger partial charge in [-0.25, -0.2) is 4.79 Å². The Labute approximate surface area is 124 Å². The van der Waals surface area contributed by atoms with Crippen LogP contribution in [0.4, 0.5) is 5.69 Å². The summed E-state index contributed by atoms with van der Waals surface area (Å²) in [6.45, 7) is 0. The quantitative estimate of drug-likeness (QED) is 0.576. The molecule has 5 heteroatoms. The summed E-state index contributed by atoms with van der Waals surface area (Å²) in [4.78, 5) is 16.1. The van der Waals surface area contributed by atoms with Crippen LogP contribution in [0.1, 0.15) is 5.56 Å². The molecule has 0 spiro atoms. The average molecular weight is 300 g/mol. The van der Waals surface area contributed by atoms with Crippen LogP contribution in [0.5, 0.6) is 5.75 Å². The highest BCUT2D eigenvalue weighted by molar-refractivity contribution is 6.31. The predicted molar refractivity (Wildman–Crippen MR) is 82.9 cm³/mol. The molecular formula is C16H10ClNO3. The van der Waals surface area contributed by atoms with E-state index < -0.39 is 5.63 Å². The van der Waals surface area contributed by atoms with E-state index in [0.717, 1.165) is 0 Å². The largest absolute Gasteiger partial charge is 0.506 e. The first-order chi connectivity index (χ1) is 10.1. The molecule has 4 nitrogen and oxygen atoms in total. The van der Waals surface area contributed by atoms with Crippen LogP contribution in [0.2, 0.25) is 5.02 Å². The first-order valence-electron chi connectivity index (χ1n) is 6.19. The van der Waals surface area contributed by atoms with Crippen LogP contribution >= 0.6 is 11.6 Å². The van der Waals surface area contributed by atoms with Crippen LogP contribution < -0.4 is 5.63 Å². The highest BCUT2D eigenvalue weighted by Crippen LogP contribution is 2.28. The average Bonchev–Trinajstić information content (AvgIpc) is 2.49. The minimum absolute atomic E-state index is 0.00591. The van der Waals surface area contributed by atoms with Crippen molar-refractivity contribution in [2.24, 2.45) is 4.99 Å². The van der Waals surface area contributed by atoms with Gasteiger partial charge in [-0.05, 0) is 30.3 Å². The van der Waals surface area contributed by atoms with Gasteiger partial charge in [0, 0.05) is 11.2 Å². The first kappa shape index (κ1) is 13.4. The standard InChI is InChI=1S/C16H10ClNO3/c17-10-6-7-14-12(8-10)15(19)13(16(20)21-14)9-18-11-4-2-1-3-5-11/h1-9,19H. The second-order valence-electron chi connectivity index (χ2n) is 4.39. The summed E-state index contributed by atoms with van der Waals surface area (Å²) < 4.78 is 5.15. The van der Waals surface area contributed by atoms with Crippen LogP contribution in [-0.2, 0) is 0 Å². The zero-order valence-electron chi connectivity index (χ0n) is 10.8. The number of nitrogens with zero attached hydrogens (tertiary/aromatic N) is 1. The van der Waals surface area contributed by atoms with E-state index in [1.165, 1.54) is 18.3 Å². The Hall–Kier alpha value is -2.59. The van der Waals surface area contributed by atoms with E-state index in [9.17, 15) is 9.90 Å². The maximum atomic E-state index is 11.9. The summed E-state index contributed by atoms with van der Waals surface area (Å²) in [5.74, 6) is -0.191. The second kappa shape index (κ2) is 5.42. The smallest absolute Gasteiger partial charge is 0.348 e. The molecule has 0 saturated carbocycles. The summed E-state index contributed by atoms with van der Waals surface area (Å²) in [6.07, 6.45) is 1.29. The van der Waals surface area contributed by atoms with Crippen LogP contribution in [-0.4, -0.2) is 11.3 Å². The number of fused-ring (bicyclic) bond motifs is 1. The van der Waals surface area contributed by atoms with Gasteiger partial charge in [0.25, 0.3) is 0 Å². The number of aliphatic imine (C=N–C) groups is 1. The molecule has 3 aromatic rings. The minimum atomic E-state index is -0.651. The van der Waals surface area contributed by atoms with Gasteiger partial charge in [0.05, 0.1) is 11.1 Å². The van der Waals surface area contributed by atoms with E-state index in [0.29, 0.717) is 16.1 Å². The van der Waals surface area contributed by atoms with Crippen LogP contribution in [0.25, 0.3) is 11.0 Å². The van der Waals surface area contributed by atoms with Gasteiger partial charge in [-0.1, -0.05) is 29.8 Å². The predicted octanol–water partition coefficient (Wildman–Crippen LogP) is 3.90. The number of aromatic hydroxyl groups is 1. The molecule has 1 N–H and O–H groups in total. The topological polar surface area (TPSA) is 62.8 Å². The van der Waals surface area contributed by atoms with E-state index in [2.05, 4.69) is 4.99 Å². The van der Waals surface area contributed by atoms with E-state index in [4.69, 9.17) is 16.0 Å². The number of hydrogen-bond acceptors (Lipinski definition) is 4. The van der Waals surface area contributed by atoms with Crippen molar-refractivity contribution in [2.45, 2.75) is 0 Å². The molecule has 1 heterocycles. The third-order valence-corrected chi connectivity index (χ3v) is 3.21. The molecule has 0 unspecified atom stereocenters. The van der Waals surface area contributed by atoms with Gasteiger partial charge >= 0.3 is 5.63 Å². The molecule has 1 aromatic heterocycles. The molecule has 0 radical (unpaired) electrons. The molecular weight excluding hydrogens is 290 g/mol. The molecule has 0 fully saturated rings. The van der Waals surface area contributed by atoms with Gasteiger partial charge < -0.3 is 9.52 Å². The van der Waals surface area contributed by atoms with Gasteiger partial charge in [0.1, 0.15) is 16.9 Å². The maximum absolute atomic E-state index is 11.9. The maximum Gasteiger partial charge on any atom is 0.348 e. The third-order valence-electron chi connectivity index (χ3n) is 2.97. The van der Waals surface area contributed by atoms with Gasteiger partial charge in [0.15, 0.2) is 0 Å². The monoisotopic (exact) mass is 299 g/mol. The van der Waals surface area contributed by atoms with Gasteiger partial charge in [0.2, 0.25) is 0 Å². The zero-order valence-corrected chi connectivity index (χ0v) is 11.5. The number of rotatable bonds is 2. The van der Waals surface area contributed by atoms with Crippen molar-refractivity contribution < 1.29 is 9.52 Å². The molecule has 0 amide bonds. The molecule has 3 rings (SSSR count). The lowest BCUT2D eigenvalue weighted by atomic mass is 10.1. The highest BCUT2D eigenvalue weighted by atomic mass is 35.5. The van der Waals surface area contributed by atoms with Crippen LogP contribution in [0.15, 0.2) is 62.7 Å². The van der Waals surface area contributed by atoms with Crippen molar-refractivity contribution in [1.82, 2.24) is 0 Å². The molecule has 0 bridgehead atoms. The Morgan fingerprint density at radius 3 is 2.67 bits per heavy atom. The van der Waals surface area contributed by atoms with E-state index in [1.807, 2.05) is 18.2 Å². The third kappa shape index (κ3) is 2.66. The van der Waals surface area contributed by atoms with Crippen molar-refractivity contribution in [1.29, 1.82) is 0 Å². The SMILES string of the molecule is O=c1oc2ccc(Cl)cc2c(O)c1C=Nc1ccccc1. The molecule has 0 saturated heterocycles. The highest BCUT2D eigenvalue weighted by Gasteiger charge is 2.12. The fourth-order valence-electron chi connectivity index (χ4n) is 1.94. The van der Waals surface area contributed by atoms with Crippen molar-refractivity contribution >= 4 is 34.5 Å². The molecule has 21 heavy (non-hydrogen) atoms. The van der Waals surface area contributed by atoms with E-state index in [-0.39, 0.29) is 16.9 Å². The number of para-hydroxylation sites is 1. The van der Waals surface area contributed by atoms with Crippen LogP contribution in [0, 0.1) is 0 Å². The Kier molecular flexibility index (Phi) is 3.46. The lowest BCUT2D eigenvalue weighted by molar-refractivity contribution is 0.466. The molecule has 0 aliphatic heterocycles. The van der Waals surface area contributed by atoms with Crippen molar-refractivity contribution in [3.05, 3.63) is 69.5 Å². The molecule has 2 aromatic carbocycles. The number of halogens is 1. The first-order valence-corrected chi connectivity index (χ1v) is 6.57. The van der Waals surface area contributed by atoms with Crippen molar-refractivity contribution in [2.75, 3.05) is 0 Å². The van der Waals surface area contributed by atoms with Gasteiger partial charge in [-0.15, -0.1) is 0 Å². The van der Waals surface area contributed by atoms with Gasteiger partial charge in [-0.3, -0.25) is 4.99 Å². The van der Waals surface area contributed by atoms with Crippen molar-refractivity contribution in [3.63, 3.8) is 0 Å². The normalized spacial score (nSPS) is 11.3. The fourth-order valence-corrected chi connectivity index (χ4v) is 2.11. The summed E-state index contributed by atoms with van der Waals surface area (Å²) in [6, 6.07) is 13.8. The Balaban J connectivity index is 2.14. The summed E-state index contributed by atoms with van der Waals surface area (Å²) in [5, 5.41) is 11.0. The molecule has 0 atom stereocenters. The summed E-state index contributed by atoms with van der Waals surface area (Å²) in [7, 11) is 0. The Bertz CT molecular complexity index is 885. The van der Waals surface area contributed by atoms with Gasteiger partial charge in [-0.2, -0.15) is 0 Å². The Morgan fingerprint density at radius 2 is 1.90 bits per heavy atom. The van der Waals surface area contributed by atoms with E-state index >= 15 is 0 Å². The fraction of sp³-hybridized carbons (Fsp3) is 0. The number of hydrogen-bond donors (Lipinski definition) is 1. The number of benzene rings is 2. The minimum Gasteiger partial charge on any atom is -0.506 e.